The molecule has 0 amide bonds. The molecule has 12 heteroatoms. The van der Waals surface area contributed by atoms with E-state index in [1.165, 1.54) is 9.71 Å². The number of benzene rings is 1. The van der Waals surface area contributed by atoms with E-state index in [1.807, 2.05) is 26.0 Å². The number of hydrogen-bond donors (Lipinski definition) is 1. The summed E-state index contributed by atoms with van der Waals surface area (Å²) < 4.78 is 12.8. The van der Waals surface area contributed by atoms with E-state index in [0.717, 1.165) is 17.0 Å². The number of guanidine groups is 1. The molecule has 210 valence electrons. The fraction of sp³-hybridized carbons (Fsp3) is 0.519. The van der Waals surface area contributed by atoms with Crippen molar-refractivity contribution in [3.05, 3.63) is 46.6 Å². The molecule has 11 nitrogen and oxygen atoms in total. The van der Waals surface area contributed by atoms with Gasteiger partial charge in [-0.2, -0.15) is 0 Å². The molecule has 1 fully saturated rings. The van der Waals surface area contributed by atoms with Crippen LogP contribution >= 0.6 is 11.6 Å². The molecule has 1 saturated heterocycles. The second-order valence-corrected chi connectivity index (χ2v) is 10.8. The van der Waals surface area contributed by atoms with Gasteiger partial charge in [0.15, 0.2) is 11.7 Å². The fourth-order valence-corrected chi connectivity index (χ4v) is 4.96. The van der Waals surface area contributed by atoms with Crippen LogP contribution < -0.4 is 14.7 Å². The summed E-state index contributed by atoms with van der Waals surface area (Å²) in [5.74, 6) is 0.403. The van der Waals surface area contributed by atoms with Gasteiger partial charge in [0.05, 0.1) is 26.0 Å². The molecule has 1 N–H and O–H groups in total. The van der Waals surface area contributed by atoms with E-state index in [1.54, 1.807) is 18.1 Å². The molecule has 0 atom stereocenters. The maximum Gasteiger partial charge on any atom is 0.376 e. The molecule has 39 heavy (non-hydrogen) atoms. The number of nitrogens with one attached hydrogen (secondary N) is 1. The van der Waals surface area contributed by atoms with Gasteiger partial charge in [-0.25, -0.2) is 5.41 Å². The predicted octanol–water partition coefficient (Wildman–Crippen LogP) is 3.05. The first-order valence-electron chi connectivity index (χ1n) is 13.1. The predicted molar refractivity (Wildman–Crippen MR) is 147 cm³/mol. The molecule has 3 heterocycles. The zero-order valence-electron chi connectivity index (χ0n) is 23.4. The number of azo groups is 2. The first-order valence-corrected chi connectivity index (χ1v) is 13.5. The summed E-state index contributed by atoms with van der Waals surface area (Å²) in [6, 6.07) is 3.72. The van der Waals surface area contributed by atoms with E-state index < -0.39 is 0 Å². The van der Waals surface area contributed by atoms with Crippen LogP contribution in [0.4, 0.5) is 5.69 Å². The number of fused-ring (bicyclic) bond motifs is 1. The third kappa shape index (κ3) is 5.65. The number of allylic oxidation sites excluding steroid dienone is 2. The first kappa shape index (κ1) is 28.6. The highest BCUT2D eigenvalue weighted by Gasteiger charge is 2.41. The van der Waals surface area contributed by atoms with Crippen LogP contribution in [0.5, 0.6) is 5.75 Å². The maximum atomic E-state index is 13.7. The molecule has 1 aromatic rings. The Kier molecular flexibility index (Phi) is 8.31. The summed E-state index contributed by atoms with van der Waals surface area (Å²) in [5.41, 5.74) is 2.18. The second-order valence-electron chi connectivity index (χ2n) is 10.4. The molecule has 0 radical (unpaired) electrons. The van der Waals surface area contributed by atoms with Gasteiger partial charge in [0.25, 0.3) is 0 Å². The van der Waals surface area contributed by atoms with Crippen LogP contribution in [0.15, 0.2) is 45.7 Å². The van der Waals surface area contributed by atoms with Crippen molar-refractivity contribution in [3.8, 4) is 5.75 Å². The van der Waals surface area contributed by atoms with Crippen LogP contribution in [0.1, 0.15) is 50.5 Å². The zero-order chi connectivity index (χ0) is 28.5. The van der Waals surface area contributed by atoms with Gasteiger partial charge in [-0.05, 0) is 42.4 Å². The van der Waals surface area contributed by atoms with E-state index in [0.29, 0.717) is 50.8 Å². The number of halogens is 1. The smallest absolute Gasteiger partial charge is 0.376 e. The number of nitrogens with zero attached hydrogens (tertiary/aromatic N) is 6. The number of carbonyl (C=O) groups is 1. The Hall–Kier alpha value is -3.44. The molecule has 0 aromatic heterocycles. The summed E-state index contributed by atoms with van der Waals surface area (Å²) in [4.78, 5) is 17.5. The van der Waals surface area contributed by atoms with Crippen molar-refractivity contribution >= 4 is 34.2 Å². The van der Waals surface area contributed by atoms with Crippen LogP contribution in [0.3, 0.4) is 0 Å². The third-order valence-electron chi connectivity index (χ3n) is 6.91. The Labute approximate surface area is 234 Å². The number of morpholine rings is 1. The van der Waals surface area contributed by atoms with Crippen molar-refractivity contribution in [3.63, 3.8) is 0 Å². The Balaban J connectivity index is 1.72. The average Bonchev–Trinajstić information content (AvgIpc) is 3.21. The van der Waals surface area contributed by atoms with Crippen molar-refractivity contribution in [2.75, 3.05) is 57.9 Å². The van der Waals surface area contributed by atoms with Crippen LogP contribution in [0, 0.1) is 5.41 Å². The lowest BCUT2D eigenvalue weighted by atomic mass is 9.84. The zero-order valence-corrected chi connectivity index (χ0v) is 24.1. The lowest BCUT2D eigenvalue weighted by Gasteiger charge is -2.33. The highest BCUT2D eigenvalue weighted by Crippen LogP contribution is 2.40. The van der Waals surface area contributed by atoms with Crippen molar-refractivity contribution in [2.24, 2.45) is 10.2 Å². The number of ketones is 1. The first-order chi connectivity index (χ1) is 18.5. The second kappa shape index (κ2) is 11.4. The Bertz CT molecular complexity index is 1290. The number of carbonyl (C=O) groups excluding carboxylic acids is 1. The van der Waals surface area contributed by atoms with Crippen LogP contribution in [-0.4, -0.2) is 84.6 Å². The summed E-state index contributed by atoms with van der Waals surface area (Å²) in [6.07, 6.45) is 1.54. The Morgan fingerprint density at radius 2 is 1.92 bits per heavy atom. The number of Topliss-reactive ketones (excluding diaryl/α,β-unsaturated/α-hetero) is 1. The van der Waals surface area contributed by atoms with Crippen LogP contribution in [0.25, 0.3) is 0 Å². The van der Waals surface area contributed by atoms with Gasteiger partial charge in [-0.3, -0.25) is 4.79 Å². The minimum absolute atomic E-state index is 0.0242. The maximum absolute atomic E-state index is 13.7. The number of anilines is 1. The summed E-state index contributed by atoms with van der Waals surface area (Å²) in [7, 11) is 1.65. The molecular weight excluding hydrogens is 522 g/mol. The van der Waals surface area contributed by atoms with Gasteiger partial charge in [-0.15, -0.1) is 4.70 Å². The van der Waals surface area contributed by atoms with E-state index in [2.05, 4.69) is 35.9 Å². The van der Waals surface area contributed by atoms with E-state index in [4.69, 9.17) is 26.5 Å². The Morgan fingerprint density at radius 3 is 2.51 bits per heavy atom. The molecule has 3 aliphatic rings. The van der Waals surface area contributed by atoms with Crippen molar-refractivity contribution in [2.45, 2.75) is 40.0 Å². The largest absolute Gasteiger partial charge is 0.860 e. The molecule has 4 rings (SSSR count). The van der Waals surface area contributed by atoms with Crippen LogP contribution in [0.2, 0.25) is 0 Å². The summed E-state index contributed by atoms with van der Waals surface area (Å²) >= 11 is 6.33. The van der Waals surface area contributed by atoms with Gasteiger partial charge >= 0.3 is 11.8 Å². The lowest BCUT2D eigenvalue weighted by molar-refractivity contribution is -0.529. The lowest BCUT2D eigenvalue weighted by Crippen LogP contribution is -2.37. The number of hydrazone groups is 1. The molecule has 3 aliphatic heterocycles. The quantitative estimate of drug-likeness (QED) is 0.296. The van der Waals surface area contributed by atoms with E-state index in [-0.39, 0.29) is 40.3 Å². The minimum Gasteiger partial charge on any atom is -0.860 e. The highest BCUT2D eigenvalue weighted by atomic mass is 35.5. The summed E-state index contributed by atoms with van der Waals surface area (Å²) in [5, 5.41) is 30.9. The van der Waals surface area contributed by atoms with E-state index >= 15 is 0 Å². The molecule has 0 saturated carbocycles. The summed E-state index contributed by atoms with van der Waals surface area (Å²) in [6.45, 7) is 13.4. The topological polar surface area (TPSA) is 120 Å². The molecule has 0 aliphatic carbocycles. The third-order valence-corrected chi connectivity index (χ3v) is 7.19. The van der Waals surface area contributed by atoms with Crippen molar-refractivity contribution in [1.82, 2.24) is 9.91 Å². The molecular formula is C27H36ClN7O4. The van der Waals surface area contributed by atoms with Gasteiger partial charge < -0.3 is 24.4 Å². The van der Waals surface area contributed by atoms with Crippen LogP contribution in [-0.2, 0) is 10.2 Å². The number of ether oxygens (including phenoxy) is 2. The van der Waals surface area contributed by atoms with Gasteiger partial charge in [0.2, 0.25) is 5.78 Å². The SMILES string of the molecule is CCN(CC)/C([O-])=C1/C=C2N(N=C1Cl)C(=N)N=[N+]2CC(=O)c1cc(N2CCOCC2)c(OC)c(C(C)(C)C)c1. The normalized spacial score (nSPS) is 18.8. The molecule has 0 spiro atoms. The molecule has 0 unspecified atom stereocenters. The van der Waals surface area contributed by atoms with Gasteiger partial charge in [0, 0.05) is 49.0 Å². The highest BCUT2D eigenvalue weighted by molar-refractivity contribution is 6.70. The monoisotopic (exact) mass is 557 g/mol. The standard InChI is InChI=1S/C27H36ClN7O4/c1-7-32(8-2)25(37)18-15-22-34(31-26(29)35(22)30-24(18)28)16-21(36)17-13-19(27(3,4)5)23(38-6)20(14-17)33-9-11-39-12-10-33/h13-15H,7-12,16H2,1-6H3,(H-,29,30,31,37). The number of hydrogen-bond acceptors (Lipinski definition) is 8. The van der Waals surface area contributed by atoms with Crippen molar-refractivity contribution < 1.29 is 24.1 Å². The Morgan fingerprint density at radius 1 is 1.26 bits per heavy atom. The number of methoxy groups -OCH3 is 1. The van der Waals surface area contributed by atoms with Gasteiger partial charge in [-0.1, -0.05) is 42.5 Å². The molecule has 0 bridgehead atoms. The van der Waals surface area contributed by atoms with Gasteiger partial charge in [0.1, 0.15) is 5.75 Å². The van der Waals surface area contributed by atoms with Crippen molar-refractivity contribution in [1.29, 1.82) is 5.41 Å². The fourth-order valence-electron chi connectivity index (χ4n) is 4.75. The minimum atomic E-state index is -0.286. The molecule has 1 aromatic carbocycles. The number of rotatable bonds is 8. The van der Waals surface area contributed by atoms with E-state index in [9.17, 15) is 9.90 Å². The average molecular weight is 558 g/mol.